The van der Waals surface area contributed by atoms with Gasteiger partial charge >= 0.3 is 6.36 Å². The van der Waals surface area contributed by atoms with Gasteiger partial charge in [0.1, 0.15) is 5.75 Å². The van der Waals surface area contributed by atoms with E-state index in [2.05, 4.69) is 10.1 Å². The molecule has 0 saturated heterocycles. The van der Waals surface area contributed by atoms with Crippen molar-refractivity contribution in [1.82, 2.24) is 0 Å². The van der Waals surface area contributed by atoms with Crippen LogP contribution in [0.3, 0.4) is 0 Å². The molecule has 0 fully saturated rings. The molecule has 0 saturated carbocycles. The van der Waals surface area contributed by atoms with Gasteiger partial charge in [0.15, 0.2) is 0 Å². The first-order valence-corrected chi connectivity index (χ1v) is 4.94. The Hall–Kier alpha value is -1.72. The first kappa shape index (κ1) is 13.3. The molecule has 0 aromatic heterocycles. The van der Waals surface area contributed by atoms with Gasteiger partial charge in [-0.05, 0) is 24.3 Å². The second-order valence-electron chi connectivity index (χ2n) is 3.72. The van der Waals surface area contributed by atoms with Crippen LogP contribution in [0.5, 0.6) is 5.75 Å². The maximum Gasteiger partial charge on any atom is 0.573 e. The Kier molecular flexibility index (Phi) is 3.98. The van der Waals surface area contributed by atoms with Gasteiger partial charge in [-0.3, -0.25) is 4.79 Å². The normalized spacial score (nSPS) is 11.4. The molecule has 94 valence electrons. The second-order valence-corrected chi connectivity index (χ2v) is 3.72. The Bertz CT molecular complexity index is 385. The minimum Gasteiger partial charge on any atom is -0.406 e. The Morgan fingerprint density at radius 3 is 2.18 bits per heavy atom. The highest BCUT2D eigenvalue weighted by Crippen LogP contribution is 2.24. The molecule has 1 rings (SSSR count). The summed E-state index contributed by atoms with van der Waals surface area (Å²) in [6, 6.07) is 4.98. The third-order valence-corrected chi connectivity index (χ3v) is 1.88. The number of rotatable bonds is 3. The summed E-state index contributed by atoms with van der Waals surface area (Å²) in [6.07, 6.45) is -4.71. The predicted molar refractivity (Wildman–Crippen MR) is 56.6 cm³/mol. The largest absolute Gasteiger partial charge is 0.573 e. The monoisotopic (exact) mass is 247 g/mol. The van der Waals surface area contributed by atoms with Crippen LogP contribution in [-0.2, 0) is 4.79 Å². The van der Waals surface area contributed by atoms with Crippen LogP contribution in [0.25, 0.3) is 0 Å². The average Bonchev–Trinajstić information content (AvgIpc) is 2.18. The number of alkyl halides is 3. The van der Waals surface area contributed by atoms with E-state index in [0.717, 1.165) is 12.1 Å². The number of amides is 1. The summed E-state index contributed by atoms with van der Waals surface area (Å²) in [5.74, 6) is -0.712. The standard InChI is InChI=1S/C11H12F3NO2/c1-7(2)10(16)15-8-3-5-9(6-4-8)17-11(12,13)14/h3-7H,1-2H3,(H,15,16). The van der Waals surface area contributed by atoms with Crippen LogP contribution in [0.15, 0.2) is 24.3 Å². The van der Waals surface area contributed by atoms with Gasteiger partial charge < -0.3 is 10.1 Å². The molecule has 0 bridgehead atoms. The molecule has 0 unspecified atom stereocenters. The van der Waals surface area contributed by atoms with Gasteiger partial charge in [0, 0.05) is 11.6 Å². The van der Waals surface area contributed by atoms with Crippen LogP contribution in [0.4, 0.5) is 18.9 Å². The fourth-order valence-electron chi connectivity index (χ4n) is 1.03. The van der Waals surface area contributed by atoms with E-state index in [1.54, 1.807) is 13.8 Å². The summed E-state index contributed by atoms with van der Waals surface area (Å²) in [7, 11) is 0. The molecular formula is C11H12F3NO2. The van der Waals surface area contributed by atoms with Crippen molar-refractivity contribution >= 4 is 11.6 Å². The number of halogens is 3. The first-order valence-electron chi connectivity index (χ1n) is 4.94. The van der Waals surface area contributed by atoms with E-state index < -0.39 is 6.36 Å². The molecule has 0 radical (unpaired) electrons. The predicted octanol–water partition coefficient (Wildman–Crippen LogP) is 3.18. The zero-order valence-corrected chi connectivity index (χ0v) is 9.34. The fraction of sp³-hybridized carbons (Fsp3) is 0.364. The quantitative estimate of drug-likeness (QED) is 0.890. The lowest BCUT2D eigenvalue weighted by molar-refractivity contribution is -0.274. The highest BCUT2D eigenvalue weighted by atomic mass is 19.4. The Morgan fingerprint density at radius 1 is 1.24 bits per heavy atom. The van der Waals surface area contributed by atoms with Gasteiger partial charge in [0.05, 0.1) is 0 Å². The van der Waals surface area contributed by atoms with Gasteiger partial charge in [-0.15, -0.1) is 13.2 Å². The number of hydrogen-bond acceptors (Lipinski definition) is 2. The fourth-order valence-corrected chi connectivity index (χ4v) is 1.03. The van der Waals surface area contributed by atoms with Crippen LogP contribution in [0, 0.1) is 5.92 Å². The highest BCUT2D eigenvalue weighted by molar-refractivity contribution is 5.92. The van der Waals surface area contributed by atoms with Crippen molar-refractivity contribution in [2.75, 3.05) is 5.32 Å². The SMILES string of the molecule is CC(C)C(=O)Nc1ccc(OC(F)(F)F)cc1. The van der Waals surface area contributed by atoms with Crippen molar-refractivity contribution in [3.63, 3.8) is 0 Å². The van der Waals surface area contributed by atoms with E-state index in [9.17, 15) is 18.0 Å². The molecule has 0 spiro atoms. The zero-order chi connectivity index (χ0) is 13.1. The second kappa shape index (κ2) is 5.07. The van der Waals surface area contributed by atoms with Gasteiger partial charge in [-0.1, -0.05) is 13.8 Å². The van der Waals surface area contributed by atoms with Crippen molar-refractivity contribution in [3.8, 4) is 5.75 Å². The molecule has 3 nitrogen and oxygen atoms in total. The van der Waals surface area contributed by atoms with Gasteiger partial charge in [-0.25, -0.2) is 0 Å². The molecule has 0 aliphatic carbocycles. The van der Waals surface area contributed by atoms with E-state index in [1.807, 2.05) is 0 Å². The topological polar surface area (TPSA) is 38.3 Å². The number of nitrogens with one attached hydrogen (secondary N) is 1. The molecule has 1 aromatic rings. The minimum absolute atomic E-state index is 0.193. The third-order valence-electron chi connectivity index (χ3n) is 1.88. The lowest BCUT2D eigenvalue weighted by Crippen LogP contribution is -2.18. The summed E-state index contributed by atoms with van der Waals surface area (Å²) in [5.41, 5.74) is 0.429. The molecule has 0 aliphatic heterocycles. The Balaban J connectivity index is 2.65. The van der Waals surface area contributed by atoms with Crippen LogP contribution in [0.2, 0.25) is 0 Å². The molecule has 1 amide bonds. The summed E-state index contributed by atoms with van der Waals surface area (Å²) in [6.45, 7) is 3.44. The molecular weight excluding hydrogens is 235 g/mol. The van der Waals surface area contributed by atoms with E-state index in [0.29, 0.717) is 5.69 Å². The minimum atomic E-state index is -4.71. The van der Waals surface area contributed by atoms with E-state index in [1.165, 1.54) is 12.1 Å². The molecule has 17 heavy (non-hydrogen) atoms. The van der Waals surface area contributed by atoms with Crippen LogP contribution in [-0.4, -0.2) is 12.3 Å². The van der Waals surface area contributed by atoms with Crippen molar-refractivity contribution in [2.24, 2.45) is 5.92 Å². The van der Waals surface area contributed by atoms with Crippen LogP contribution in [0.1, 0.15) is 13.8 Å². The molecule has 0 heterocycles. The summed E-state index contributed by atoms with van der Waals surface area (Å²) < 4.78 is 39.3. The van der Waals surface area contributed by atoms with Gasteiger partial charge in [0.25, 0.3) is 0 Å². The third kappa shape index (κ3) is 4.76. The first-order chi connectivity index (χ1) is 7.78. The molecule has 1 aromatic carbocycles. The molecule has 6 heteroatoms. The van der Waals surface area contributed by atoms with E-state index in [-0.39, 0.29) is 17.6 Å². The van der Waals surface area contributed by atoms with Crippen LogP contribution >= 0.6 is 0 Å². The number of benzene rings is 1. The van der Waals surface area contributed by atoms with Crippen molar-refractivity contribution in [2.45, 2.75) is 20.2 Å². The smallest absolute Gasteiger partial charge is 0.406 e. The maximum atomic E-state index is 11.9. The number of anilines is 1. The zero-order valence-electron chi connectivity index (χ0n) is 9.34. The summed E-state index contributed by atoms with van der Waals surface area (Å²) in [5, 5.41) is 2.56. The number of ether oxygens (including phenoxy) is 1. The van der Waals surface area contributed by atoms with E-state index in [4.69, 9.17) is 0 Å². The average molecular weight is 247 g/mol. The van der Waals surface area contributed by atoms with Crippen molar-refractivity contribution < 1.29 is 22.7 Å². The van der Waals surface area contributed by atoms with Crippen molar-refractivity contribution in [3.05, 3.63) is 24.3 Å². The lowest BCUT2D eigenvalue weighted by Gasteiger charge is -2.10. The molecule has 0 atom stereocenters. The summed E-state index contributed by atoms with van der Waals surface area (Å²) in [4.78, 5) is 11.3. The lowest BCUT2D eigenvalue weighted by atomic mass is 10.2. The highest BCUT2D eigenvalue weighted by Gasteiger charge is 2.30. The number of carbonyl (C=O) groups is 1. The maximum absolute atomic E-state index is 11.9. The van der Waals surface area contributed by atoms with Gasteiger partial charge in [-0.2, -0.15) is 0 Å². The van der Waals surface area contributed by atoms with E-state index >= 15 is 0 Å². The molecule has 0 aliphatic rings. The molecule has 1 N–H and O–H groups in total. The Morgan fingerprint density at radius 2 is 1.76 bits per heavy atom. The van der Waals surface area contributed by atoms with Crippen molar-refractivity contribution in [1.29, 1.82) is 0 Å². The number of carbonyl (C=O) groups excluding carboxylic acids is 1. The van der Waals surface area contributed by atoms with Crippen LogP contribution < -0.4 is 10.1 Å². The summed E-state index contributed by atoms with van der Waals surface area (Å²) >= 11 is 0. The van der Waals surface area contributed by atoms with Gasteiger partial charge in [0.2, 0.25) is 5.91 Å². The number of hydrogen-bond donors (Lipinski definition) is 1. The Labute approximate surface area is 96.6 Å².